The molecule has 1 aliphatic rings. The van der Waals surface area contributed by atoms with Crippen molar-refractivity contribution in [3.8, 4) is 0 Å². The van der Waals surface area contributed by atoms with Crippen LogP contribution in [0.4, 0.5) is 5.69 Å². The fourth-order valence-electron chi connectivity index (χ4n) is 0.974. The molecule has 0 unspecified atom stereocenters. The molecule has 0 fully saturated rings. The Balaban J connectivity index is 2.64. The van der Waals surface area contributed by atoms with Crippen LogP contribution in [-0.4, -0.2) is 16.7 Å². The van der Waals surface area contributed by atoms with E-state index in [-0.39, 0.29) is 5.69 Å². The van der Waals surface area contributed by atoms with Crippen molar-refractivity contribution in [2.24, 2.45) is 0 Å². The fourth-order valence-corrected chi connectivity index (χ4v) is 0.974. The zero-order valence-corrected chi connectivity index (χ0v) is 5.50. The van der Waals surface area contributed by atoms with Gasteiger partial charge in [-0.25, -0.2) is 0 Å². The number of fused-ring (bicyclic) bond motifs is 1. The van der Waals surface area contributed by atoms with E-state index in [9.17, 15) is 9.59 Å². The molecule has 4 heteroatoms. The van der Waals surface area contributed by atoms with E-state index in [1.54, 1.807) is 12.1 Å². The number of aromatic nitrogens is 1. The van der Waals surface area contributed by atoms with Gasteiger partial charge in [0.05, 0.1) is 5.69 Å². The third-order valence-corrected chi connectivity index (χ3v) is 1.48. The van der Waals surface area contributed by atoms with Crippen molar-refractivity contribution < 1.29 is 9.59 Å². The maximum absolute atomic E-state index is 10.9. The molecule has 2 heterocycles. The third kappa shape index (κ3) is 0.724. The predicted octanol–water partition coefficient (Wildman–Crippen LogP) is 0.216. The number of hydrogen-bond donors (Lipinski definition) is 1. The van der Waals surface area contributed by atoms with Crippen molar-refractivity contribution >= 4 is 17.4 Å². The van der Waals surface area contributed by atoms with Crippen LogP contribution in [0.1, 0.15) is 10.5 Å². The first-order chi connectivity index (χ1) is 5.29. The number of Topliss-reactive ketones (excluding diaryl/α,β-unsaturated/α-hetero) is 1. The van der Waals surface area contributed by atoms with Gasteiger partial charge in [0.25, 0.3) is 11.7 Å². The first kappa shape index (κ1) is 6.03. The number of anilines is 1. The lowest BCUT2D eigenvalue weighted by Gasteiger charge is -1.90. The number of pyridine rings is 1. The van der Waals surface area contributed by atoms with Gasteiger partial charge in [-0.1, -0.05) is 0 Å². The first-order valence-corrected chi connectivity index (χ1v) is 3.10. The lowest BCUT2D eigenvalue weighted by atomic mass is 10.3. The van der Waals surface area contributed by atoms with Gasteiger partial charge in [0.2, 0.25) is 0 Å². The highest BCUT2D eigenvalue weighted by Gasteiger charge is 2.28. The summed E-state index contributed by atoms with van der Waals surface area (Å²) in [7, 11) is 0. The average molecular weight is 148 g/mol. The Morgan fingerprint density at radius 2 is 2.18 bits per heavy atom. The summed E-state index contributed by atoms with van der Waals surface area (Å²) in [6.45, 7) is 0. The molecule has 11 heavy (non-hydrogen) atoms. The molecule has 1 aliphatic heterocycles. The molecule has 0 saturated heterocycles. The third-order valence-electron chi connectivity index (χ3n) is 1.48. The molecule has 1 aromatic rings. The smallest absolute Gasteiger partial charge is 0.298 e. The Morgan fingerprint density at radius 1 is 1.36 bits per heavy atom. The lowest BCUT2D eigenvalue weighted by Crippen LogP contribution is -2.12. The van der Waals surface area contributed by atoms with Gasteiger partial charge in [-0.05, 0) is 12.1 Å². The number of rotatable bonds is 0. The number of carbonyl (C=O) groups is 2. The Bertz CT molecular complexity index is 346. The Kier molecular flexibility index (Phi) is 1.03. The Labute approximate surface area is 62.2 Å². The van der Waals surface area contributed by atoms with E-state index >= 15 is 0 Å². The molecule has 1 aromatic heterocycles. The summed E-state index contributed by atoms with van der Waals surface area (Å²) in [6.07, 6.45) is 1.48. The van der Waals surface area contributed by atoms with Gasteiger partial charge < -0.3 is 5.32 Å². The van der Waals surface area contributed by atoms with Gasteiger partial charge in [-0.3, -0.25) is 14.6 Å². The SMILES string of the molecule is O=C1Nc2cccnc2C1=O. The van der Waals surface area contributed by atoms with Crippen molar-refractivity contribution in [1.82, 2.24) is 4.98 Å². The second-order valence-electron chi connectivity index (χ2n) is 2.18. The molecule has 0 atom stereocenters. The highest BCUT2D eigenvalue weighted by atomic mass is 16.2. The number of amides is 1. The summed E-state index contributed by atoms with van der Waals surface area (Å²) in [5, 5.41) is 2.40. The van der Waals surface area contributed by atoms with E-state index in [0.717, 1.165) is 0 Å². The maximum Gasteiger partial charge on any atom is 0.298 e. The van der Waals surface area contributed by atoms with Gasteiger partial charge in [0.15, 0.2) is 0 Å². The number of nitrogens with zero attached hydrogens (tertiary/aromatic N) is 1. The van der Waals surface area contributed by atoms with Crippen LogP contribution in [0.25, 0.3) is 0 Å². The molecule has 0 spiro atoms. The standard InChI is InChI=1S/C7H4N2O2/c10-6-5-4(9-7(6)11)2-1-3-8-5/h1-3H,(H,9,10,11). The molecule has 1 N–H and O–H groups in total. The lowest BCUT2D eigenvalue weighted by molar-refractivity contribution is -0.112. The van der Waals surface area contributed by atoms with Crippen LogP contribution >= 0.6 is 0 Å². The monoisotopic (exact) mass is 148 g/mol. The summed E-state index contributed by atoms with van der Waals surface area (Å²) < 4.78 is 0. The highest BCUT2D eigenvalue weighted by Crippen LogP contribution is 2.18. The van der Waals surface area contributed by atoms with E-state index in [1.165, 1.54) is 6.20 Å². The highest BCUT2D eigenvalue weighted by molar-refractivity contribution is 6.51. The maximum atomic E-state index is 10.9. The topological polar surface area (TPSA) is 59.1 Å². The van der Waals surface area contributed by atoms with Gasteiger partial charge in [0, 0.05) is 6.20 Å². The van der Waals surface area contributed by atoms with E-state index < -0.39 is 11.7 Å². The molecule has 2 rings (SSSR count). The summed E-state index contributed by atoms with van der Waals surface area (Å²) in [5.74, 6) is -1.15. The molecule has 0 aromatic carbocycles. The zero-order valence-electron chi connectivity index (χ0n) is 5.50. The Morgan fingerprint density at radius 3 is 2.91 bits per heavy atom. The molecule has 0 bridgehead atoms. The normalized spacial score (nSPS) is 14.5. The molecule has 54 valence electrons. The van der Waals surface area contributed by atoms with Gasteiger partial charge >= 0.3 is 0 Å². The minimum Gasteiger partial charge on any atom is -0.317 e. The molecular formula is C7H4N2O2. The quantitative estimate of drug-likeness (QED) is 0.535. The number of ketones is 1. The van der Waals surface area contributed by atoms with Gasteiger partial charge in [-0.2, -0.15) is 0 Å². The minimum absolute atomic E-state index is 0.220. The van der Waals surface area contributed by atoms with Crippen LogP contribution in [-0.2, 0) is 4.79 Å². The van der Waals surface area contributed by atoms with Crippen molar-refractivity contribution in [3.05, 3.63) is 24.0 Å². The van der Waals surface area contributed by atoms with Gasteiger partial charge in [-0.15, -0.1) is 0 Å². The Hall–Kier alpha value is -1.71. The van der Waals surface area contributed by atoms with Crippen molar-refractivity contribution in [3.63, 3.8) is 0 Å². The molecule has 1 amide bonds. The van der Waals surface area contributed by atoms with Crippen molar-refractivity contribution in [1.29, 1.82) is 0 Å². The first-order valence-electron chi connectivity index (χ1n) is 3.10. The van der Waals surface area contributed by atoms with E-state index in [4.69, 9.17) is 0 Å². The number of nitrogens with one attached hydrogen (secondary N) is 1. The van der Waals surface area contributed by atoms with Crippen molar-refractivity contribution in [2.75, 3.05) is 5.32 Å². The fraction of sp³-hybridized carbons (Fsp3) is 0. The molecule has 0 saturated carbocycles. The predicted molar refractivity (Wildman–Crippen MR) is 37.2 cm³/mol. The van der Waals surface area contributed by atoms with Crippen LogP contribution < -0.4 is 5.32 Å². The zero-order chi connectivity index (χ0) is 7.84. The van der Waals surface area contributed by atoms with Crippen molar-refractivity contribution in [2.45, 2.75) is 0 Å². The van der Waals surface area contributed by atoms with Crippen LogP contribution in [0.2, 0.25) is 0 Å². The number of hydrogen-bond acceptors (Lipinski definition) is 3. The number of carbonyl (C=O) groups excluding carboxylic acids is 2. The summed E-state index contributed by atoms with van der Waals surface area (Å²) in [6, 6.07) is 3.31. The van der Waals surface area contributed by atoms with E-state index in [2.05, 4.69) is 10.3 Å². The largest absolute Gasteiger partial charge is 0.317 e. The van der Waals surface area contributed by atoms with E-state index in [0.29, 0.717) is 5.69 Å². The molecule has 0 radical (unpaired) electrons. The summed E-state index contributed by atoms with van der Waals surface area (Å²) >= 11 is 0. The van der Waals surface area contributed by atoms with Crippen LogP contribution in [0.3, 0.4) is 0 Å². The minimum atomic E-state index is -0.598. The summed E-state index contributed by atoms with van der Waals surface area (Å²) in [5.41, 5.74) is 0.722. The second kappa shape index (κ2) is 1.88. The second-order valence-corrected chi connectivity index (χ2v) is 2.18. The van der Waals surface area contributed by atoms with E-state index in [1.807, 2.05) is 0 Å². The van der Waals surface area contributed by atoms with Crippen LogP contribution in [0.5, 0.6) is 0 Å². The van der Waals surface area contributed by atoms with Gasteiger partial charge in [0.1, 0.15) is 5.69 Å². The summed E-state index contributed by atoms with van der Waals surface area (Å²) in [4.78, 5) is 25.4. The van der Waals surface area contributed by atoms with Crippen LogP contribution in [0.15, 0.2) is 18.3 Å². The van der Waals surface area contributed by atoms with Crippen LogP contribution in [0, 0.1) is 0 Å². The average Bonchev–Trinajstić information content (AvgIpc) is 2.30. The molecule has 0 aliphatic carbocycles. The molecular weight excluding hydrogens is 144 g/mol. The molecule has 4 nitrogen and oxygen atoms in total.